The standard InChI is InChI=1S/C23H15Cl3N2O2S/c24-16-7-10-20(19(26)12-16)27-23-28-22(29)21(31-23)11-14-5-8-17(9-6-14)30-13-15-3-1-2-4-18(15)25/h1-12H,13H2,(H,27,28,29)/b21-11-. The first-order valence-corrected chi connectivity index (χ1v) is 11.1. The van der Waals surface area contributed by atoms with Gasteiger partial charge < -0.3 is 10.1 Å². The summed E-state index contributed by atoms with van der Waals surface area (Å²) in [5, 5.41) is 4.82. The smallest absolute Gasteiger partial charge is 0.264 e. The number of carbonyl (C=O) groups is 1. The zero-order valence-corrected chi connectivity index (χ0v) is 19.0. The average Bonchev–Trinajstić information content (AvgIpc) is 3.09. The molecule has 31 heavy (non-hydrogen) atoms. The molecule has 0 spiro atoms. The van der Waals surface area contributed by atoms with Crippen molar-refractivity contribution in [1.29, 1.82) is 0 Å². The first kappa shape index (κ1) is 21.8. The van der Waals surface area contributed by atoms with Crippen molar-refractivity contribution in [3.8, 4) is 5.75 Å². The Hall–Kier alpha value is -2.44. The molecule has 0 bridgehead atoms. The van der Waals surface area contributed by atoms with Crippen molar-refractivity contribution in [3.05, 3.63) is 97.8 Å². The predicted molar refractivity (Wildman–Crippen MR) is 129 cm³/mol. The molecular formula is C23H15Cl3N2O2S. The Labute approximate surface area is 198 Å². The summed E-state index contributed by atoms with van der Waals surface area (Å²) in [5.41, 5.74) is 2.32. The van der Waals surface area contributed by atoms with Crippen LogP contribution in [0.2, 0.25) is 15.1 Å². The van der Waals surface area contributed by atoms with Gasteiger partial charge in [-0.3, -0.25) is 4.79 Å². The van der Waals surface area contributed by atoms with Gasteiger partial charge in [-0.1, -0.05) is 65.1 Å². The van der Waals surface area contributed by atoms with Gasteiger partial charge in [0, 0.05) is 15.6 Å². The number of thioether (sulfide) groups is 1. The lowest BCUT2D eigenvalue weighted by molar-refractivity contribution is -0.115. The van der Waals surface area contributed by atoms with Gasteiger partial charge in [0.2, 0.25) is 0 Å². The summed E-state index contributed by atoms with van der Waals surface area (Å²) in [6.45, 7) is 0.380. The van der Waals surface area contributed by atoms with Crippen LogP contribution in [0.15, 0.2) is 76.6 Å². The van der Waals surface area contributed by atoms with Crippen molar-refractivity contribution in [2.45, 2.75) is 6.61 Å². The molecule has 0 radical (unpaired) electrons. The summed E-state index contributed by atoms with van der Waals surface area (Å²) in [5.74, 6) is 0.498. The fraction of sp³-hybridized carbons (Fsp3) is 0.0435. The van der Waals surface area contributed by atoms with E-state index < -0.39 is 0 Å². The van der Waals surface area contributed by atoms with Crippen LogP contribution in [0.5, 0.6) is 5.75 Å². The lowest BCUT2D eigenvalue weighted by Crippen LogP contribution is -2.19. The number of carbonyl (C=O) groups excluding carboxylic acids is 1. The van der Waals surface area contributed by atoms with E-state index >= 15 is 0 Å². The molecule has 4 nitrogen and oxygen atoms in total. The largest absolute Gasteiger partial charge is 0.489 e. The number of hydrogen-bond donors (Lipinski definition) is 1. The van der Waals surface area contributed by atoms with Gasteiger partial charge in [-0.2, -0.15) is 0 Å². The monoisotopic (exact) mass is 488 g/mol. The Morgan fingerprint density at radius 1 is 0.968 bits per heavy atom. The maximum atomic E-state index is 12.3. The summed E-state index contributed by atoms with van der Waals surface area (Å²) in [6.07, 6.45) is 1.80. The molecule has 4 rings (SSSR count). The number of hydrogen-bond acceptors (Lipinski definition) is 4. The number of benzene rings is 3. The van der Waals surface area contributed by atoms with Gasteiger partial charge in [0.05, 0.1) is 15.6 Å². The van der Waals surface area contributed by atoms with Gasteiger partial charge in [0.15, 0.2) is 5.17 Å². The van der Waals surface area contributed by atoms with Crippen molar-refractivity contribution in [3.63, 3.8) is 0 Å². The van der Waals surface area contributed by atoms with E-state index in [9.17, 15) is 4.79 Å². The molecule has 0 unspecified atom stereocenters. The fourth-order valence-corrected chi connectivity index (χ4v) is 4.23. The van der Waals surface area contributed by atoms with Crippen LogP contribution < -0.4 is 10.1 Å². The first-order chi connectivity index (χ1) is 15.0. The fourth-order valence-electron chi connectivity index (χ4n) is 2.75. The summed E-state index contributed by atoms with van der Waals surface area (Å²) in [4.78, 5) is 17.2. The number of nitrogens with one attached hydrogen (secondary N) is 1. The third kappa shape index (κ3) is 5.63. The van der Waals surface area contributed by atoms with E-state index in [1.54, 1.807) is 24.3 Å². The maximum Gasteiger partial charge on any atom is 0.264 e. The van der Waals surface area contributed by atoms with Crippen molar-refractivity contribution in [2.75, 3.05) is 0 Å². The minimum atomic E-state index is -0.215. The van der Waals surface area contributed by atoms with Crippen LogP contribution in [0.1, 0.15) is 11.1 Å². The number of nitrogens with zero attached hydrogens (tertiary/aromatic N) is 1. The van der Waals surface area contributed by atoms with Crippen LogP contribution in [0, 0.1) is 0 Å². The van der Waals surface area contributed by atoms with Crippen LogP contribution in [0.25, 0.3) is 6.08 Å². The van der Waals surface area contributed by atoms with E-state index in [2.05, 4.69) is 10.3 Å². The molecule has 0 atom stereocenters. The Morgan fingerprint density at radius 2 is 1.74 bits per heavy atom. The normalized spacial score (nSPS) is 16.0. The van der Waals surface area contributed by atoms with Crippen LogP contribution in [0.3, 0.4) is 0 Å². The molecule has 1 amide bonds. The lowest BCUT2D eigenvalue weighted by atomic mass is 10.2. The number of ether oxygens (including phenoxy) is 1. The van der Waals surface area contributed by atoms with E-state index in [-0.39, 0.29) is 5.91 Å². The Morgan fingerprint density at radius 3 is 2.48 bits per heavy atom. The number of amidine groups is 1. The molecule has 1 fully saturated rings. The van der Waals surface area contributed by atoms with Crippen molar-refractivity contribution < 1.29 is 9.53 Å². The summed E-state index contributed by atoms with van der Waals surface area (Å²) in [6, 6.07) is 20.0. The van der Waals surface area contributed by atoms with E-state index in [0.29, 0.717) is 43.2 Å². The zero-order valence-electron chi connectivity index (χ0n) is 15.9. The van der Waals surface area contributed by atoms with Gasteiger partial charge in [-0.05, 0) is 59.8 Å². The highest BCUT2D eigenvalue weighted by molar-refractivity contribution is 8.18. The Kier molecular flexibility index (Phi) is 6.88. The molecule has 1 aliphatic rings. The highest BCUT2D eigenvalue weighted by atomic mass is 35.5. The molecule has 3 aromatic rings. The molecule has 0 saturated carbocycles. The molecule has 3 aromatic carbocycles. The van der Waals surface area contributed by atoms with E-state index in [1.165, 1.54) is 11.8 Å². The first-order valence-electron chi connectivity index (χ1n) is 9.19. The van der Waals surface area contributed by atoms with Crippen molar-refractivity contribution in [1.82, 2.24) is 5.32 Å². The molecule has 1 heterocycles. The molecular weight excluding hydrogens is 475 g/mol. The number of halogens is 3. The van der Waals surface area contributed by atoms with E-state index in [0.717, 1.165) is 11.1 Å². The summed E-state index contributed by atoms with van der Waals surface area (Å²) >= 11 is 19.5. The number of amides is 1. The van der Waals surface area contributed by atoms with Gasteiger partial charge in [0.25, 0.3) is 5.91 Å². The van der Waals surface area contributed by atoms with E-state index in [1.807, 2.05) is 48.5 Å². The average molecular weight is 490 g/mol. The molecule has 0 aliphatic carbocycles. The molecule has 156 valence electrons. The molecule has 1 saturated heterocycles. The third-order valence-electron chi connectivity index (χ3n) is 4.31. The van der Waals surface area contributed by atoms with Gasteiger partial charge in [-0.15, -0.1) is 0 Å². The van der Waals surface area contributed by atoms with Crippen molar-refractivity contribution >= 4 is 69.4 Å². The quantitative estimate of drug-likeness (QED) is 0.388. The SMILES string of the molecule is O=C1NC(=Nc2ccc(Cl)cc2Cl)S/C1=C\c1ccc(OCc2ccccc2Cl)cc1. The summed E-state index contributed by atoms with van der Waals surface area (Å²) in [7, 11) is 0. The van der Waals surface area contributed by atoms with Crippen LogP contribution in [-0.2, 0) is 11.4 Å². The molecule has 1 N–H and O–H groups in total. The molecule has 8 heteroatoms. The second kappa shape index (κ2) is 9.79. The zero-order chi connectivity index (χ0) is 21.8. The lowest BCUT2D eigenvalue weighted by Gasteiger charge is -2.08. The van der Waals surface area contributed by atoms with Crippen LogP contribution >= 0.6 is 46.6 Å². The van der Waals surface area contributed by atoms with Gasteiger partial charge in [-0.25, -0.2) is 4.99 Å². The van der Waals surface area contributed by atoms with Gasteiger partial charge >= 0.3 is 0 Å². The minimum absolute atomic E-state index is 0.215. The Bertz CT molecular complexity index is 1190. The van der Waals surface area contributed by atoms with Crippen LogP contribution in [-0.4, -0.2) is 11.1 Å². The molecule has 1 aliphatic heterocycles. The number of aliphatic imine (C=N–C) groups is 1. The second-order valence-corrected chi connectivity index (χ2v) is 8.81. The van der Waals surface area contributed by atoms with Gasteiger partial charge in [0.1, 0.15) is 12.4 Å². The van der Waals surface area contributed by atoms with Crippen LogP contribution in [0.4, 0.5) is 5.69 Å². The Balaban J connectivity index is 1.43. The second-order valence-electron chi connectivity index (χ2n) is 6.53. The topological polar surface area (TPSA) is 50.7 Å². The maximum absolute atomic E-state index is 12.3. The van der Waals surface area contributed by atoms with Crippen molar-refractivity contribution in [2.24, 2.45) is 4.99 Å². The highest BCUT2D eigenvalue weighted by Crippen LogP contribution is 2.32. The predicted octanol–water partition coefficient (Wildman–Crippen LogP) is 7.12. The third-order valence-corrected chi connectivity index (χ3v) is 6.13. The highest BCUT2D eigenvalue weighted by Gasteiger charge is 2.24. The number of rotatable bonds is 5. The summed E-state index contributed by atoms with van der Waals surface area (Å²) < 4.78 is 5.79. The van der Waals surface area contributed by atoms with E-state index in [4.69, 9.17) is 39.5 Å². The molecule has 0 aromatic heterocycles. The minimum Gasteiger partial charge on any atom is -0.489 e.